The maximum Gasteiger partial charge on any atom is 0.137 e. The smallest absolute Gasteiger partial charge is 0.137 e. The summed E-state index contributed by atoms with van der Waals surface area (Å²) in [5, 5.41) is 4.62. The van der Waals surface area contributed by atoms with Crippen molar-refractivity contribution in [3.05, 3.63) is 30.1 Å². The van der Waals surface area contributed by atoms with Gasteiger partial charge in [-0.3, -0.25) is 0 Å². The van der Waals surface area contributed by atoms with Crippen molar-refractivity contribution in [2.24, 2.45) is 0 Å². The molecule has 0 radical (unpaired) electrons. The molecule has 0 unspecified atom stereocenters. The number of aromatic nitrogens is 2. The van der Waals surface area contributed by atoms with E-state index in [1.54, 1.807) is 6.20 Å². The lowest BCUT2D eigenvalue weighted by atomic mass is 10.2. The van der Waals surface area contributed by atoms with Gasteiger partial charge in [-0.1, -0.05) is 0 Å². The molecule has 3 heteroatoms. The number of hydrogen-bond donors (Lipinski definition) is 2. The van der Waals surface area contributed by atoms with E-state index in [0.29, 0.717) is 0 Å². The second-order valence-electron chi connectivity index (χ2n) is 4.05. The van der Waals surface area contributed by atoms with Crippen LogP contribution in [0.25, 0.3) is 11.0 Å². The first-order valence-electron chi connectivity index (χ1n) is 5.97. The Kier molecular flexibility index (Phi) is 4.17. The van der Waals surface area contributed by atoms with Crippen LogP contribution in [0.1, 0.15) is 24.8 Å². The summed E-state index contributed by atoms with van der Waals surface area (Å²) in [7, 11) is 0. The van der Waals surface area contributed by atoms with Gasteiger partial charge in [-0.15, -0.1) is 12.3 Å². The lowest BCUT2D eigenvalue weighted by Gasteiger charge is -2.02. The fraction of sp³-hybridized carbons (Fsp3) is 0.357. The number of terminal acetylenes is 1. The summed E-state index contributed by atoms with van der Waals surface area (Å²) in [6.45, 7) is 1.89. The van der Waals surface area contributed by atoms with Gasteiger partial charge in [0.05, 0.1) is 0 Å². The quantitative estimate of drug-likeness (QED) is 0.588. The van der Waals surface area contributed by atoms with E-state index in [0.717, 1.165) is 38.0 Å². The number of pyridine rings is 1. The molecule has 0 atom stereocenters. The highest BCUT2D eigenvalue weighted by Gasteiger charge is 2.02. The Morgan fingerprint density at radius 3 is 3.24 bits per heavy atom. The van der Waals surface area contributed by atoms with Crippen molar-refractivity contribution in [2.45, 2.75) is 25.8 Å². The Hall–Kier alpha value is -1.79. The predicted molar refractivity (Wildman–Crippen MR) is 70.5 cm³/mol. The SMILES string of the molecule is C#CCCCCNCc1c[nH]c2ncccc12. The van der Waals surface area contributed by atoms with E-state index < -0.39 is 0 Å². The first kappa shape index (κ1) is 11.7. The molecule has 0 aromatic carbocycles. The second kappa shape index (κ2) is 6.07. The Morgan fingerprint density at radius 2 is 2.35 bits per heavy atom. The van der Waals surface area contributed by atoms with Gasteiger partial charge < -0.3 is 10.3 Å². The standard InChI is InChI=1S/C14H17N3/c1-2-3-4-5-8-15-10-12-11-17-14-13(12)7-6-9-16-14/h1,6-7,9,11,15H,3-5,8,10H2,(H,16,17). The van der Waals surface area contributed by atoms with Crippen LogP contribution < -0.4 is 5.32 Å². The van der Waals surface area contributed by atoms with Gasteiger partial charge >= 0.3 is 0 Å². The molecule has 2 aromatic rings. The van der Waals surface area contributed by atoms with Crippen molar-refractivity contribution >= 4 is 11.0 Å². The molecule has 17 heavy (non-hydrogen) atoms. The van der Waals surface area contributed by atoms with Gasteiger partial charge in [0, 0.05) is 30.7 Å². The molecule has 2 rings (SSSR count). The number of rotatable bonds is 6. The monoisotopic (exact) mass is 227 g/mol. The van der Waals surface area contributed by atoms with Crippen molar-refractivity contribution in [1.82, 2.24) is 15.3 Å². The van der Waals surface area contributed by atoms with Crippen molar-refractivity contribution in [2.75, 3.05) is 6.54 Å². The van der Waals surface area contributed by atoms with Gasteiger partial charge in [0.25, 0.3) is 0 Å². The zero-order valence-electron chi connectivity index (χ0n) is 9.87. The average molecular weight is 227 g/mol. The minimum absolute atomic E-state index is 0.874. The number of nitrogens with one attached hydrogen (secondary N) is 2. The van der Waals surface area contributed by atoms with Crippen LogP contribution in [0.2, 0.25) is 0 Å². The lowest BCUT2D eigenvalue weighted by molar-refractivity contribution is 0.631. The number of fused-ring (bicyclic) bond motifs is 1. The number of nitrogens with zero attached hydrogens (tertiary/aromatic N) is 1. The van der Waals surface area contributed by atoms with Crippen LogP contribution in [0, 0.1) is 12.3 Å². The largest absolute Gasteiger partial charge is 0.346 e. The van der Waals surface area contributed by atoms with Gasteiger partial charge in [-0.2, -0.15) is 0 Å². The van der Waals surface area contributed by atoms with Crippen LogP contribution in [0.5, 0.6) is 0 Å². The van der Waals surface area contributed by atoms with Crippen molar-refractivity contribution in [3.63, 3.8) is 0 Å². The van der Waals surface area contributed by atoms with Gasteiger partial charge in [0.15, 0.2) is 0 Å². The molecule has 0 aliphatic heterocycles. The van der Waals surface area contributed by atoms with Gasteiger partial charge in [-0.25, -0.2) is 4.98 Å². The summed E-state index contributed by atoms with van der Waals surface area (Å²) in [6, 6.07) is 4.06. The van der Waals surface area contributed by atoms with E-state index in [-0.39, 0.29) is 0 Å². The summed E-state index contributed by atoms with van der Waals surface area (Å²) in [5.74, 6) is 2.66. The van der Waals surface area contributed by atoms with E-state index in [4.69, 9.17) is 6.42 Å². The maximum atomic E-state index is 5.20. The Bertz CT molecular complexity index is 507. The second-order valence-corrected chi connectivity index (χ2v) is 4.05. The van der Waals surface area contributed by atoms with E-state index in [2.05, 4.69) is 27.3 Å². The molecule has 0 spiro atoms. The molecule has 0 saturated heterocycles. The van der Waals surface area contributed by atoms with Crippen LogP contribution in [0.3, 0.4) is 0 Å². The zero-order chi connectivity index (χ0) is 11.9. The first-order chi connectivity index (χ1) is 8.42. The highest BCUT2D eigenvalue weighted by atomic mass is 14.9. The van der Waals surface area contributed by atoms with E-state index in [1.807, 2.05) is 12.3 Å². The Morgan fingerprint density at radius 1 is 1.41 bits per heavy atom. The van der Waals surface area contributed by atoms with Crippen LogP contribution in [0.4, 0.5) is 0 Å². The maximum absolute atomic E-state index is 5.20. The molecule has 0 fully saturated rings. The molecule has 0 aliphatic carbocycles. The number of hydrogen-bond acceptors (Lipinski definition) is 2. The molecule has 2 heterocycles. The molecule has 3 nitrogen and oxygen atoms in total. The van der Waals surface area contributed by atoms with Crippen LogP contribution in [-0.4, -0.2) is 16.5 Å². The molecule has 0 amide bonds. The third kappa shape index (κ3) is 3.08. The van der Waals surface area contributed by atoms with Crippen LogP contribution >= 0.6 is 0 Å². The summed E-state index contributed by atoms with van der Waals surface area (Å²) >= 11 is 0. The van der Waals surface area contributed by atoms with E-state index in [1.165, 1.54) is 10.9 Å². The third-order valence-corrected chi connectivity index (χ3v) is 2.78. The number of aromatic amines is 1. The summed E-state index contributed by atoms with van der Waals surface area (Å²) in [5.41, 5.74) is 2.22. The van der Waals surface area contributed by atoms with Gasteiger partial charge in [-0.05, 0) is 37.1 Å². The predicted octanol–water partition coefficient (Wildman–Crippen LogP) is 2.46. The molecule has 2 N–H and O–H groups in total. The molecular formula is C14H17N3. The fourth-order valence-corrected chi connectivity index (χ4v) is 1.86. The average Bonchev–Trinajstić information content (AvgIpc) is 2.77. The minimum Gasteiger partial charge on any atom is -0.346 e. The van der Waals surface area contributed by atoms with Crippen molar-refractivity contribution < 1.29 is 0 Å². The summed E-state index contributed by atoms with van der Waals surface area (Å²) < 4.78 is 0. The first-order valence-corrected chi connectivity index (χ1v) is 5.97. The van der Waals surface area contributed by atoms with Crippen LogP contribution in [-0.2, 0) is 6.54 Å². The Labute approximate surface area is 102 Å². The highest BCUT2D eigenvalue weighted by molar-refractivity contribution is 5.79. The van der Waals surface area contributed by atoms with Gasteiger partial charge in [0.2, 0.25) is 0 Å². The van der Waals surface area contributed by atoms with E-state index >= 15 is 0 Å². The molecule has 88 valence electrons. The molecule has 0 saturated carbocycles. The number of H-pyrrole nitrogens is 1. The number of unbranched alkanes of at least 4 members (excludes halogenated alkanes) is 2. The highest BCUT2D eigenvalue weighted by Crippen LogP contribution is 2.14. The molecule has 0 aliphatic rings. The molecule has 2 aromatic heterocycles. The Balaban J connectivity index is 1.81. The van der Waals surface area contributed by atoms with Gasteiger partial charge in [0.1, 0.15) is 5.65 Å². The summed E-state index contributed by atoms with van der Waals surface area (Å²) in [4.78, 5) is 7.44. The zero-order valence-corrected chi connectivity index (χ0v) is 9.87. The topological polar surface area (TPSA) is 40.7 Å². The fourth-order valence-electron chi connectivity index (χ4n) is 1.86. The van der Waals surface area contributed by atoms with Crippen molar-refractivity contribution in [3.8, 4) is 12.3 Å². The minimum atomic E-state index is 0.874. The lowest BCUT2D eigenvalue weighted by Crippen LogP contribution is -2.14. The van der Waals surface area contributed by atoms with Crippen LogP contribution in [0.15, 0.2) is 24.5 Å². The third-order valence-electron chi connectivity index (χ3n) is 2.78. The van der Waals surface area contributed by atoms with Crippen molar-refractivity contribution in [1.29, 1.82) is 0 Å². The normalized spacial score (nSPS) is 10.5. The molecular weight excluding hydrogens is 210 g/mol. The molecule has 0 bridgehead atoms. The van der Waals surface area contributed by atoms with E-state index in [9.17, 15) is 0 Å². The summed E-state index contributed by atoms with van der Waals surface area (Å²) in [6.07, 6.45) is 12.1.